The lowest BCUT2D eigenvalue weighted by Gasteiger charge is -2.42. The van der Waals surface area contributed by atoms with Crippen molar-refractivity contribution in [2.75, 3.05) is 55.0 Å². The summed E-state index contributed by atoms with van der Waals surface area (Å²) in [5.41, 5.74) is 6.42. The van der Waals surface area contributed by atoms with E-state index in [-0.39, 0.29) is 48.3 Å². The van der Waals surface area contributed by atoms with Crippen molar-refractivity contribution >= 4 is 63.3 Å². The van der Waals surface area contributed by atoms with E-state index in [4.69, 9.17) is 21.1 Å². The van der Waals surface area contributed by atoms with E-state index in [1.807, 2.05) is 105 Å². The van der Waals surface area contributed by atoms with Crippen LogP contribution in [0.4, 0.5) is 17.1 Å². The first-order chi connectivity index (χ1) is 31.3. The zero-order valence-electron chi connectivity index (χ0n) is 37.6. The minimum absolute atomic E-state index is 0.0544. The molecule has 2 saturated heterocycles. The highest BCUT2D eigenvalue weighted by molar-refractivity contribution is 6.30. The Bertz CT molecular complexity index is 2700. The summed E-state index contributed by atoms with van der Waals surface area (Å²) in [5, 5.41) is 2.98. The highest BCUT2D eigenvalue weighted by atomic mass is 35.5. The maximum atomic E-state index is 14.1. The molecule has 0 bridgehead atoms. The van der Waals surface area contributed by atoms with Crippen molar-refractivity contribution in [2.24, 2.45) is 13.0 Å². The molecule has 9 rings (SSSR count). The van der Waals surface area contributed by atoms with Crippen LogP contribution in [0.15, 0.2) is 83.7 Å². The van der Waals surface area contributed by atoms with Crippen LogP contribution in [0.3, 0.4) is 0 Å². The van der Waals surface area contributed by atoms with Crippen LogP contribution < -0.4 is 35.2 Å². The number of imide groups is 1. The van der Waals surface area contributed by atoms with E-state index in [0.717, 1.165) is 91.1 Å². The third kappa shape index (κ3) is 8.49. The lowest BCUT2D eigenvalue weighted by atomic mass is 9.84. The second-order valence-electron chi connectivity index (χ2n) is 18.1. The number of ether oxygens (including phenoxy) is 2. The van der Waals surface area contributed by atoms with Gasteiger partial charge in [-0.2, -0.15) is 0 Å². The standard InChI is InChI=1S/C50H56ClN7O7/c1-30(2)65-44-29-39-33(26-43(44)64-5)27-46(60)57(47(39)31-6-10-34(51)11-7-31)37-16-14-35(15-17-37)53(3)49(62)32-8-12-36(13-9-32)55-22-24-56(25-23-55)38-18-19-40-42(28-38)54(4)50(63)58(40)41-20-21-45(59)52-48(41)61/h6-7,10-11,14-19,26,28-30,32,36,41,47H,8-9,12-13,20-25,27H2,1-5H3,(H,52,59,61)/t32?,36?,41?,47-/m0/s1. The Hall–Kier alpha value is -6.12. The first-order valence-corrected chi connectivity index (χ1v) is 23.0. The van der Waals surface area contributed by atoms with Crippen LogP contribution in [-0.4, -0.2) is 90.1 Å². The molecule has 1 unspecified atom stereocenters. The Labute approximate surface area is 383 Å². The number of carbonyl (C=O) groups is 4. The Morgan fingerprint density at radius 2 is 1.51 bits per heavy atom. The number of hydrogen-bond acceptors (Lipinski definition) is 9. The molecule has 1 aliphatic carbocycles. The summed E-state index contributed by atoms with van der Waals surface area (Å²) in [6, 6.07) is 24.4. The van der Waals surface area contributed by atoms with Gasteiger partial charge >= 0.3 is 5.69 Å². The Morgan fingerprint density at radius 1 is 0.815 bits per heavy atom. The van der Waals surface area contributed by atoms with E-state index in [9.17, 15) is 24.0 Å². The molecule has 14 nitrogen and oxygen atoms in total. The fourth-order valence-corrected chi connectivity index (χ4v) is 10.5. The predicted molar refractivity (Wildman–Crippen MR) is 251 cm³/mol. The number of carbonyl (C=O) groups excluding carboxylic acids is 4. The summed E-state index contributed by atoms with van der Waals surface area (Å²) in [6.45, 7) is 7.40. The summed E-state index contributed by atoms with van der Waals surface area (Å²) in [6.07, 6.45) is 4.16. The Balaban J connectivity index is 0.830. The van der Waals surface area contributed by atoms with Crippen molar-refractivity contribution in [3.8, 4) is 11.5 Å². The Morgan fingerprint density at radius 3 is 2.17 bits per heavy atom. The number of amides is 4. The van der Waals surface area contributed by atoms with Gasteiger partial charge in [-0.05, 0) is 129 Å². The largest absolute Gasteiger partial charge is 0.493 e. The molecule has 0 radical (unpaired) electrons. The average Bonchev–Trinajstić information content (AvgIpc) is 3.55. The second-order valence-corrected chi connectivity index (χ2v) is 18.5. The number of halogens is 1. The molecule has 5 aromatic rings. The molecule has 4 aliphatic rings. The number of piperidine rings is 1. The summed E-state index contributed by atoms with van der Waals surface area (Å²) < 4.78 is 14.9. The molecule has 15 heteroatoms. The van der Waals surface area contributed by atoms with Crippen LogP contribution in [0.5, 0.6) is 11.5 Å². The average molecular weight is 902 g/mol. The van der Waals surface area contributed by atoms with Crippen molar-refractivity contribution < 1.29 is 28.7 Å². The molecule has 1 aromatic heterocycles. The number of methoxy groups -OCH3 is 1. The van der Waals surface area contributed by atoms with Crippen LogP contribution in [0, 0.1) is 5.92 Å². The van der Waals surface area contributed by atoms with Gasteiger partial charge in [-0.15, -0.1) is 0 Å². The van der Waals surface area contributed by atoms with Gasteiger partial charge in [0.25, 0.3) is 0 Å². The molecule has 3 fully saturated rings. The first-order valence-electron chi connectivity index (χ1n) is 22.7. The van der Waals surface area contributed by atoms with E-state index in [1.165, 1.54) is 4.57 Å². The number of imidazole rings is 1. The van der Waals surface area contributed by atoms with Gasteiger partial charge < -0.3 is 24.2 Å². The molecule has 0 spiro atoms. The number of aryl methyl sites for hydroxylation is 1. The number of nitrogens with one attached hydrogen (secondary N) is 1. The molecule has 1 saturated carbocycles. The number of fused-ring (bicyclic) bond motifs is 2. The molecular weight excluding hydrogens is 846 g/mol. The van der Waals surface area contributed by atoms with Crippen LogP contribution in [0.2, 0.25) is 5.02 Å². The third-order valence-electron chi connectivity index (χ3n) is 13.8. The van der Waals surface area contributed by atoms with Crippen LogP contribution in [0.25, 0.3) is 11.0 Å². The number of piperazine rings is 1. The highest BCUT2D eigenvalue weighted by Crippen LogP contribution is 2.44. The number of benzene rings is 4. The molecule has 340 valence electrons. The van der Waals surface area contributed by atoms with Gasteiger partial charge in [0.05, 0.1) is 36.7 Å². The van der Waals surface area contributed by atoms with Gasteiger partial charge in [0.1, 0.15) is 6.04 Å². The van der Waals surface area contributed by atoms with Crippen molar-refractivity contribution in [3.63, 3.8) is 0 Å². The number of nitrogens with zero attached hydrogens (tertiary/aromatic N) is 6. The van der Waals surface area contributed by atoms with Gasteiger partial charge in [-0.1, -0.05) is 23.7 Å². The zero-order chi connectivity index (χ0) is 45.7. The number of aromatic nitrogens is 2. The lowest BCUT2D eigenvalue weighted by Crippen LogP contribution is -2.51. The topological polar surface area (TPSA) is 139 Å². The van der Waals surface area contributed by atoms with Gasteiger partial charge in [0.2, 0.25) is 23.6 Å². The second kappa shape index (κ2) is 18.0. The summed E-state index contributed by atoms with van der Waals surface area (Å²) >= 11 is 6.32. The first kappa shape index (κ1) is 44.1. The minimum atomic E-state index is -0.713. The summed E-state index contributed by atoms with van der Waals surface area (Å²) in [7, 11) is 5.16. The molecule has 4 heterocycles. The van der Waals surface area contributed by atoms with E-state index < -0.39 is 18.0 Å². The van der Waals surface area contributed by atoms with Crippen molar-refractivity contribution in [3.05, 3.63) is 111 Å². The van der Waals surface area contributed by atoms with E-state index >= 15 is 0 Å². The predicted octanol–water partition coefficient (Wildman–Crippen LogP) is 6.79. The SMILES string of the molecule is COc1cc2c(cc1OC(C)C)[C@H](c1ccc(Cl)cc1)N(c1ccc(N(C)C(=O)C3CCC(N4CCN(c5ccc6c(c5)n(C)c(=O)n6C5CCC(=O)NC5=O)CC4)CC3)cc1)C(=O)C2. The van der Waals surface area contributed by atoms with Crippen molar-refractivity contribution in [2.45, 2.75) is 83.0 Å². The smallest absolute Gasteiger partial charge is 0.329 e. The van der Waals surface area contributed by atoms with E-state index in [2.05, 4.69) is 15.1 Å². The maximum absolute atomic E-state index is 14.1. The quantitative estimate of drug-likeness (QED) is 0.150. The fourth-order valence-electron chi connectivity index (χ4n) is 10.4. The van der Waals surface area contributed by atoms with Crippen LogP contribution >= 0.6 is 11.6 Å². The highest BCUT2D eigenvalue weighted by Gasteiger charge is 2.38. The number of hydrogen-bond donors (Lipinski definition) is 1. The summed E-state index contributed by atoms with van der Waals surface area (Å²) in [5.74, 6) is 0.428. The molecule has 4 aromatic carbocycles. The monoisotopic (exact) mass is 901 g/mol. The third-order valence-corrected chi connectivity index (χ3v) is 14.1. The van der Waals surface area contributed by atoms with Crippen molar-refractivity contribution in [1.29, 1.82) is 0 Å². The summed E-state index contributed by atoms with van der Waals surface area (Å²) in [4.78, 5) is 74.3. The Kier molecular flexibility index (Phi) is 12.2. The van der Waals surface area contributed by atoms with Gasteiger partial charge in [0.15, 0.2) is 11.5 Å². The van der Waals surface area contributed by atoms with E-state index in [1.54, 1.807) is 23.6 Å². The molecule has 3 aliphatic heterocycles. The van der Waals surface area contributed by atoms with Crippen molar-refractivity contribution in [1.82, 2.24) is 19.4 Å². The molecule has 4 amide bonds. The fraction of sp³-hybridized carbons (Fsp3) is 0.420. The van der Waals surface area contributed by atoms with E-state index in [0.29, 0.717) is 34.5 Å². The number of rotatable bonds is 10. The minimum Gasteiger partial charge on any atom is -0.493 e. The number of anilines is 3. The molecular formula is C50H56ClN7O7. The van der Waals surface area contributed by atoms with Gasteiger partial charge in [-0.25, -0.2) is 4.79 Å². The molecule has 1 N–H and O–H groups in total. The maximum Gasteiger partial charge on any atom is 0.329 e. The lowest BCUT2D eigenvalue weighted by molar-refractivity contribution is -0.135. The normalized spacial score (nSPS) is 21.7. The van der Waals surface area contributed by atoms with Gasteiger partial charge in [-0.3, -0.25) is 38.5 Å². The molecule has 65 heavy (non-hydrogen) atoms. The van der Waals surface area contributed by atoms with Gasteiger partial charge in [0, 0.05) is 80.7 Å². The van der Waals surface area contributed by atoms with Crippen LogP contribution in [-0.2, 0) is 32.6 Å². The van der Waals surface area contributed by atoms with Crippen LogP contribution in [0.1, 0.15) is 81.1 Å². The zero-order valence-corrected chi connectivity index (χ0v) is 38.3. The molecule has 2 atom stereocenters.